The number of aryl methyl sites for hydroxylation is 1. The first-order valence-electron chi connectivity index (χ1n) is 6.96. The van der Waals surface area contributed by atoms with E-state index in [2.05, 4.69) is 0 Å². The summed E-state index contributed by atoms with van der Waals surface area (Å²) in [5, 5.41) is 1.43. The zero-order valence-electron chi connectivity index (χ0n) is 12.1. The molecule has 3 rings (SSSR count). The molecule has 0 saturated heterocycles. The van der Waals surface area contributed by atoms with Crippen LogP contribution in [0, 0.1) is 6.92 Å². The molecule has 21 heavy (non-hydrogen) atoms. The zero-order chi connectivity index (χ0) is 14.8. The van der Waals surface area contributed by atoms with Gasteiger partial charge in [0.2, 0.25) is 0 Å². The second kappa shape index (κ2) is 5.44. The Morgan fingerprint density at radius 1 is 1.05 bits per heavy atom. The Hall–Kier alpha value is -2.55. The molecule has 0 amide bonds. The van der Waals surface area contributed by atoms with Gasteiger partial charge in [-0.3, -0.25) is 0 Å². The minimum absolute atomic E-state index is 0.284. The average Bonchev–Trinajstić information content (AvgIpc) is 2.48. The molecule has 0 saturated carbocycles. The molecule has 0 fully saturated rings. The third kappa shape index (κ3) is 2.42. The third-order valence-electron chi connectivity index (χ3n) is 3.39. The van der Waals surface area contributed by atoms with Crippen LogP contribution >= 0.6 is 0 Å². The highest BCUT2D eigenvalue weighted by Crippen LogP contribution is 2.35. The summed E-state index contributed by atoms with van der Waals surface area (Å²) in [7, 11) is 0. The van der Waals surface area contributed by atoms with Crippen LogP contribution in [0.4, 0.5) is 0 Å². The Bertz CT molecular complexity index is 832. The van der Waals surface area contributed by atoms with Crippen LogP contribution < -0.4 is 10.4 Å². The van der Waals surface area contributed by atoms with Gasteiger partial charge in [-0.25, -0.2) is 4.79 Å². The van der Waals surface area contributed by atoms with E-state index in [1.54, 1.807) is 6.07 Å². The lowest BCUT2D eigenvalue weighted by Gasteiger charge is -2.12. The molecule has 0 aliphatic carbocycles. The largest absolute Gasteiger partial charge is 0.465 e. The Kier molecular flexibility index (Phi) is 3.48. The fourth-order valence-electron chi connectivity index (χ4n) is 2.45. The Labute approximate surface area is 122 Å². The Morgan fingerprint density at radius 2 is 1.81 bits per heavy atom. The van der Waals surface area contributed by atoms with Gasteiger partial charge in [0.15, 0.2) is 0 Å². The van der Waals surface area contributed by atoms with Gasteiger partial charge in [0.1, 0.15) is 0 Å². The number of rotatable bonds is 3. The fourth-order valence-corrected chi connectivity index (χ4v) is 2.45. The number of ether oxygens (including phenoxy) is 1. The summed E-state index contributed by atoms with van der Waals surface area (Å²) in [6, 6.07) is 15.6. The highest BCUT2D eigenvalue weighted by Gasteiger charge is 2.16. The van der Waals surface area contributed by atoms with Crippen molar-refractivity contribution in [2.45, 2.75) is 13.8 Å². The van der Waals surface area contributed by atoms with Crippen molar-refractivity contribution in [3.05, 3.63) is 64.5 Å². The van der Waals surface area contributed by atoms with Crippen LogP contribution in [0.5, 0.6) is 5.95 Å². The quantitative estimate of drug-likeness (QED) is 0.723. The number of hydrogen-bond donors (Lipinski definition) is 0. The molecule has 0 N–H and O–H groups in total. The van der Waals surface area contributed by atoms with Crippen molar-refractivity contribution in [1.29, 1.82) is 0 Å². The number of hydrogen-bond acceptors (Lipinski definition) is 3. The van der Waals surface area contributed by atoms with E-state index >= 15 is 0 Å². The molecular formula is C18H16O3. The first kappa shape index (κ1) is 13.4. The second-order valence-corrected chi connectivity index (χ2v) is 4.90. The molecule has 0 bridgehead atoms. The molecule has 0 radical (unpaired) electrons. The topological polar surface area (TPSA) is 39.4 Å². The maximum atomic E-state index is 12.1. The molecule has 0 aliphatic rings. The van der Waals surface area contributed by atoms with Crippen molar-refractivity contribution < 1.29 is 9.15 Å². The lowest BCUT2D eigenvalue weighted by Crippen LogP contribution is -2.05. The van der Waals surface area contributed by atoms with Gasteiger partial charge in [-0.1, -0.05) is 48.0 Å². The highest BCUT2D eigenvalue weighted by molar-refractivity contribution is 5.98. The summed E-state index contributed by atoms with van der Waals surface area (Å²) in [6.45, 7) is 4.32. The normalized spacial score (nSPS) is 10.8. The average molecular weight is 280 g/mol. The zero-order valence-corrected chi connectivity index (χ0v) is 12.1. The summed E-state index contributed by atoms with van der Waals surface area (Å²) in [4.78, 5) is 12.1. The predicted molar refractivity (Wildman–Crippen MR) is 83.8 cm³/mol. The molecule has 0 spiro atoms. The van der Waals surface area contributed by atoms with Crippen molar-refractivity contribution in [3.8, 4) is 17.1 Å². The molecule has 1 heterocycles. The van der Waals surface area contributed by atoms with Gasteiger partial charge in [-0.05, 0) is 25.5 Å². The lowest BCUT2D eigenvalue weighted by molar-refractivity contribution is 0.247. The fraction of sp³-hybridized carbons (Fsp3) is 0.167. The maximum Gasteiger partial charge on any atom is 0.346 e. The van der Waals surface area contributed by atoms with Crippen LogP contribution in [0.1, 0.15) is 12.5 Å². The summed E-state index contributed by atoms with van der Waals surface area (Å²) in [5.41, 5.74) is 2.52. The van der Waals surface area contributed by atoms with Gasteiger partial charge in [0.05, 0.1) is 17.6 Å². The van der Waals surface area contributed by atoms with Crippen LogP contribution in [0.25, 0.3) is 21.9 Å². The van der Waals surface area contributed by atoms with Crippen LogP contribution in [0.2, 0.25) is 0 Å². The van der Waals surface area contributed by atoms with E-state index in [0.29, 0.717) is 12.0 Å². The van der Waals surface area contributed by atoms with Gasteiger partial charge in [0, 0.05) is 5.39 Å². The summed E-state index contributed by atoms with van der Waals surface area (Å²) in [5.74, 6) is 0.284. The van der Waals surface area contributed by atoms with Crippen LogP contribution in [-0.2, 0) is 0 Å². The first-order valence-corrected chi connectivity index (χ1v) is 6.96. The van der Waals surface area contributed by atoms with Gasteiger partial charge in [-0.2, -0.15) is 0 Å². The SMILES string of the molecule is CCOc1oc(=O)c2ccc(C)cc2c1-c1ccccc1. The predicted octanol–water partition coefficient (Wildman–Crippen LogP) is 4.17. The van der Waals surface area contributed by atoms with E-state index in [1.807, 2.05) is 56.3 Å². The summed E-state index contributed by atoms with van der Waals surface area (Å²) < 4.78 is 10.9. The van der Waals surface area contributed by atoms with Crippen molar-refractivity contribution in [3.63, 3.8) is 0 Å². The van der Waals surface area contributed by atoms with Gasteiger partial charge >= 0.3 is 5.63 Å². The van der Waals surface area contributed by atoms with Crippen molar-refractivity contribution >= 4 is 10.8 Å². The van der Waals surface area contributed by atoms with E-state index in [0.717, 1.165) is 22.1 Å². The second-order valence-electron chi connectivity index (χ2n) is 4.90. The molecule has 106 valence electrons. The van der Waals surface area contributed by atoms with Crippen LogP contribution in [0.15, 0.2) is 57.7 Å². The molecule has 0 atom stereocenters. The Balaban J connectivity index is 2.43. The minimum Gasteiger partial charge on any atom is -0.465 e. The Morgan fingerprint density at radius 3 is 2.52 bits per heavy atom. The first-order chi connectivity index (χ1) is 10.2. The van der Waals surface area contributed by atoms with E-state index < -0.39 is 0 Å². The van der Waals surface area contributed by atoms with E-state index in [1.165, 1.54) is 0 Å². The summed E-state index contributed by atoms with van der Waals surface area (Å²) in [6.07, 6.45) is 0. The molecule has 0 aliphatic heterocycles. The minimum atomic E-state index is -0.367. The third-order valence-corrected chi connectivity index (χ3v) is 3.39. The molecule has 3 heteroatoms. The molecular weight excluding hydrogens is 264 g/mol. The molecule has 3 nitrogen and oxygen atoms in total. The van der Waals surface area contributed by atoms with E-state index in [-0.39, 0.29) is 11.6 Å². The maximum absolute atomic E-state index is 12.1. The summed E-state index contributed by atoms with van der Waals surface area (Å²) >= 11 is 0. The molecule has 1 aromatic heterocycles. The number of benzene rings is 2. The van der Waals surface area contributed by atoms with Crippen molar-refractivity contribution in [1.82, 2.24) is 0 Å². The molecule has 3 aromatic rings. The monoisotopic (exact) mass is 280 g/mol. The van der Waals surface area contributed by atoms with Crippen LogP contribution in [0.3, 0.4) is 0 Å². The van der Waals surface area contributed by atoms with Crippen molar-refractivity contribution in [2.75, 3.05) is 6.61 Å². The van der Waals surface area contributed by atoms with E-state index in [4.69, 9.17) is 9.15 Å². The lowest BCUT2D eigenvalue weighted by atomic mass is 9.99. The van der Waals surface area contributed by atoms with Gasteiger partial charge in [0.25, 0.3) is 5.95 Å². The van der Waals surface area contributed by atoms with E-state index in [9.17, 15) is 4.79 Å². The van der Waals surface area contributed by atoms with Crippen molar-refractivity contribution in [2.24, 2.45) is 0 Å². The van der Waals surface area contributed by atoms with Gasteiger partial charge < -0.3 is 9.15 Å². The highest BCUT2D eigenvalue weighted by atomic mass is 16.6. The molecule has 0 unspecified atom stereocenters. The number of fused-ring (bicyclic) bond motifs is 1. The molecule has 2 aromatic carbocycles. The standard InChI is InChI=1S/C18H16O3/c1-3-20-18-16(13-7-5-4-6-8-13)15-11-12(2)9-10-14(15)17(19)21-18/h4-11H,3H2,1-2H3. The smallest absolute Gasteiger partial charge is 0.346 e. The van der Waals surface area contributed by atoms with Gasteiger partial charge in [-0.15, -0.1) is 0 Å². The van der Waals surface area contributed by atoms with Crippen LogP contribution in [-0.4, -0.2) is 6.61 Å².